The lowest BCUT2D eigenvalue weighted by atomic mass is 10.0. The number of nitrogens with one attached hydrogen (secondary N) is 1. The monoisotopic (exact) mass is 679 g/mol. The maximum Gasteiger partial charge on any atom is 0.264 e. The number of rotatable bonds is 13. The molecule has 1 N–H and O–H groups in total. The summed E-state index contributed by atoms with van der Waals surface area (Å²) in [5.74, 6) is -0.868. The summed E-state index contributed by atoms with van der Waals surface area (Å²) in [5, 5.41) is 3.44. The molecule has 2 unspecified atom stereocenters. The molecule has 4 aromatic rings. The lowest BCUT2D eigenvalue weighted by Crippen LogP contribution is -2.54. The highest BCUT2D eigenvalue weighted by atomic mass is 35.5. The van der Waals surface area contributed by atoms with Crippen molar-refractivity contribution in [1.29, 1.82) is 0 Å². The van der Waals surface area contributed by atoms with Gasteiger partial charge < -0.3 is 10.2 Å². The van der Waals surface area contributed by atoms with Crippen LogP contribution in [0.1, 0.15) is 42.5 Å². The Kier molecular flexibility index (Phi) is 11.9. The molecule has 46 heavy (non-hydrogen) atoms. The molecule has 0 saturated heterocycles. The number of halogens is 2. The molecule has 0 aliphatic heterocycles. The van der Waals surface area contributed by atoms with Crippen LogP contribution in [0.3, 0.4) is 0 Å². The van der Waals surface area contributed by atoms with Crippen LogP contribution in [0.5, 0.6) is 0 Å². The molecule has 0 aliphatic carbocycles. The quantitative estimate of drug-likeness (QED) is 0.160. The van der Waals surface area contributed by atoms with Crippen molar-refractivity contribution in [2.45, 2.75) is 64.1 Å². The highest BCUT2D eigenvalue weighted by Crippen LogP contribution is 2.31. The van der Waals surface area contributed by atoms with Gasteiger partial charge in [0, 0.05) is 19.0 Å². The number of amides is 2. The predicted octanol–water partition coefficient (Wildman–Crippen LogP) is 7.36. The van der Waals surface area contributed by atoms with Crippen LogP contribution >= 0.6 is 23.2 Å². The van der Waals surface area contributed by atoms with Crippen LogP contribution < -0.4 is 9.62 Å². The Hall–Kier alpha value is -3.85. The van der Waals surface area contributed by atoms with E-state index in [0.29, 0.717) is 6.42 Å². The zero-order chi connectivity index (χ0) is 33.4. The largest absolute Gasteiger partial charge is 0.352 e. The van der Waals surface area contributed by atoms with Gasteiger partial charge in [0.05, 0.1) is 20.6 Å². The first kappa shape index (κ1) is 35.0. The molecule has 0 aromatic heterocycles. The second-order valence-corrected chi connectivity index (χ2v) is 14.1. The van der Waals surface area contributed by atoms with Gasteiger partial charge >= 0.3 is 0 Å². The normalized spacial score (nSPS) is 12.7. The number of carbonyl (C=O) groups is 2. The van der Waals surface area contributed by atoms with Crippen molar-refractivity contribution in [2.24, 2.45) is 0 Å². The van der Waals surface area contributed by atoms with Gasteiger partial charge in [0.25, 0.3) is 10.0 Å². The van der Waals surface area contributed by atoms with Gasteiger partial charge in [-0.15, -0.1) is 0 Å². The molecule has 7 nitrogen and oxygen atoms in total. The summed E-state index contributed by atoms with van der Waals surface area (Å²) < 4.78 is 29.4. The van der Waals surface area contributed by atoms with Crippen molar-refractivity contribution in [3.8, 4) is 0 Å². The van der Waals surface area contributed by atoms with E-state index < -0.39 is 28.5 Å². The number of aryl methyl sites for hydroxylation is 2. The lowest BCUT2D eigenvalue weighted by molar-refractivity contribution is -0.140. The number of hydrogen-bond donors (Lipinski definition) is 1. The Bertz CT molecular complexity index is 1770. The molecule has 0 heterocycles. The van der Waals surface area contributed by atoms with Gasteiger partial charge in [-0.1, -0.05) is 102 Å². The van der Waals surface area contributed by atoms with Crippen LogP contribution in [0.4, 0.5) is 5.69 Å². The molecule has 0 bridgehead atoms. The Morgan fingerprint density at radius 3 is 2.13 bits per heavy atom. The van der Waals surface area contributed by atoms with E-state index >= 15 is 0 Å². The highest BCUT2D eigenvalue weighted by Gasteiger charge is 2.35. The summed E-state index contributed by atoms with van der Waals surface area (Å²) in [6.45, 7) is 7.19. The molecule has 0 saturated carbocycles. The minimum atomic E-state index is -4.25. The van der Waals surface area contributed by atoms with Crippen molar-refractivity contribution >= 4 is 50.7 Å². The van der Waals surface area contributed by atoms with E-state index in [4.69, 9.17) is 23.2 Å². The van der Waals surface area contributed by atoms with Crippen LogP contribution in [0.2, 0.25) is 10.0 Å². The van der Waals surface area contributed by atoms with Crippen LogP contribution in [0.25, 0.3) is 0 Å². The smallest absolute Gasteiger partial charge is 0.264 e. The van der Waals surface area contributed by atoms with Gasteiger partial charge in [-0.25, -0.2) is 8.42 Å². The summed E-state index contributed by atoms with van der Waals surface area (Å²) in [4.78, 5) is 30.1. The van der Waals surface area contributed by atoms with Crippen LogP contribution in [0.15, 0.2) is 102 Å². The minimum Gasteiger partial charge on any atom is -0.352 e. The van der Waals surface area contributed by atoms with E-state index in [0.717, 1.165) is 26.6 Å². The van der Waals surface area contributed by atoms with Gasteiger partial charge in [-0.2, -0.15) is 0 Å². The van der Waals surface area contributed by atoms with Crippen molar-refractivity contribution in [1.82, 2.24) is 10.2 Å². The van der Waals surface area contributed by atoms with Crippen molar-refractivity contribution in [3.63, 3.8) is 0 Å². The molecular formula is C36H39Cl2N3O4S. The number of benzene rings is 4. The number of hydrogen-bond acceptors (Lipinski definition) is 4. The van der Waals surface area contributed by atoms with E-state index in [1.165, 1.54) is 35.2 Å². The number of anilines is 1. The first-order valence-electron chi connectivity index (χ1n) is 15.1. The zero-order valence-corrected chi connectivity index (χ0v) is 28.7. The molecule has 0 aliphatic rings. The van der Waals surface area contributed by atoms with E-state index in [1.54, 1.807) is 12.1 Å². The average Bonchev–Trinajstić information content (AvgIpc) is 3.04. The molecule has 10 heteroatoms. The molecule has 242 valence electrons. The molecule has 0 fully saturated rings. The molecule has 4 rings (SSSR count). The predicted molar refractivity (Wildman–Crippen MR) is 186 cm³/mol. The summed E-state index contributed by atoms with van der Waals surface area (Å²) in [7, 11) is -4.25. The first-order valence-corrected chi connectivity index (χ1v) is 17.3. The SMILES string of the molecule is CCC(C)NC(=O)C(Cc1ccccc1)N(Cc1ccccc1C)C(=O)CN(c1ccc(Cl)c(Cl)c1)S(=O)(=O)c1ccc(C)cc1. The number of sulfonamides is 1. The Morgan fingerprint density at radius 2 is 1.50 bits per heavy atom. The van der Waals surface area contributed by atoms with Crippen LogP contribution in [-0.2, 0) is 32.6 Å². The third kappa shape index (κ3) is 8.69. The first-order chi connectivity index (χ1) is 21.9. The molecule has 2 amide bonds. The molecular weight excluding hydrogens is 641 g/mol. The van der Waals surface area contributed by atoms with E-state index in [2.05, 4.69) is 5.32 Å². The Balaban J connectivity index is 1.83. The van der Waals surface area contributed by atoms with Crippen LogP contribution in [-0.4, -0.2) is 43.8 Å². The summed E-state index contributed by atoms with van der Waals surface area (Å²) in [5.41, 5.74) is 3.70. The third-order valence-electron chi connectivity index (χ3n) is 7.95. The van der Waals surface area contributed by atoms with Crippen LogP contribution in [0, 0.1) is 13.8 Å². The lowest BCUT2D eigenvalue weighted by Gasteiger charge is -2.34. The van der Waals surface area contributed by atoms with E-state index in [1.807, 2.05) is 82.3 Å². The van der Waals surface area contributed by atoms with Gasteiger partial charge in [-0.3, -0.25) is 13.9 Å². The van der Waals surface area contributed by atoms with Gasteiger partial charge in [0.15, 0.2) is 0 Å². The molecule has 4 aromatic carbocycles. The van der Waals surface area contributed by atoms with E-state index in [9.17, 15) is 18.0 Å². The van der Waals surface area contributed by atoms with Crippen molar-refractivity contribution in [2.75, 3.05) is 10.8 Å². The third-order valence-corrected chi connectivity index (χ3v) is 10.5. The fraction of sp³-hybridized carbons (Fsp3) is 0.278. The molecule has 0 spiro atoms. The number of nitrogens with zero attached hydrogens (tertiary/aromatic N) is 2. The molecule has 2 atom stereocenters. The number of carbonyl (C=O) groups excluding carboxylic acids is 2. The van der Waals surface area contributed by atoms with Crippen molar-refractivity contribution in [3.05, 3.63) is 129 Å². The topological polar surface area (TPSA) is 86.8 Å². The fourth-order valence-electron chi connectivity index (χ4n) is 4.97. The maximum atomic E-state index is 14.6. The summed E-state index contributed by atoms with van der Waals surface area (Å²) >= 11 is 12.5. The standard InChI is InChI=1S/C36H39Cl2N3O4S/c1-5-27(4)39-36(43)34(21-28-12-7-6-8-13-28)40(23-29-14-10-9-11-26(29)3)35(42)24-41(30-17-20-32(37)33(38)22-30)46(44,45)31-18-15-25(2)16-19-31/h6-20,22,27,34H,5,21,23-24H2,1-4H3,(H,39,43). The van der Waals surface area contributed by atoms with Gasteiger partial charge in [0.1, 0.15) is 12.6 Å². The summed E-state index contributed by atoms with van der Waals surface area (Å²) in [6.07, 6.45) is 0.938. The van der Waals surface area contributed by atoms with E-state index in [-0.39, 0.29) is 45.5 Å². The van der Waals surface area contributed by atoms with Crippen molar-refractivity contribution < 1.29 is 18.0 Å². The average molecular weight is 681 g/mol. The molecule has 0 radical (unpaired) electrons. The van der Waals surface area contributed by atoms with Gasteiger partial charge in [-0.05, 0) is 74.2 Å². The van der Waals surface area contributed by atoms with Gasteiger partial charge in [0.2, 0.25) is 11.8 Å². The zero-order valence-electron chi connectivity index (χ0n) is 26.4. The highest BCUT2D eigenvalue weighted by molar-refractivity contribution is 7.92. The Labute approximate surface area is 282 Å². The Morgan fingerprint density at radius 1 is 0.848 bits per heavy atom. The fourth-order valence-corrected chi connectivity index (χ4v) is 6.67. The second kappa shape index (κ2) is 15.6. The second-order valence-electron chi connectivity index (χ2n) is 11.4. The summed E-state index contributed by atoms with van der Waals surface area (Å²) in [6, 6.07) is 26.8. The maximum absolute atomic E-state index is 14.6. The minimum absolute atomic E-state index is 0.0118.